The number of hydrogen-bond donors (Lipinski definition) is 3. The van der Waals surface area contributed by atoms with Crippen molar-refractivity contribution in [2.75, 3.05) is 39.6 Å². The third kappa shape index (κ3) is 80.7. The molecular formula is C91H152O17P2. The number of phosphoric acid groups is 2. The van der Waals surface area contributed by atoms with Crippen molar-refractivity contribution in [3.8, 4) is 0 Å². The minimum atomic E-state index is -5.01. The molecule has 0 heterocycles. The summed E-state index contributed by atoms with van der Waals surface area (Å²) < 4.78 is 68.7. The summed E-state index contributed by atoms with van der Waals surface area (Å²) >= 11 is 0. The second kappa shape index (κ2) is 81.7. The maximum Gasteiger partial charge on any atom is 0.472 e. The molecule has 0 saturated heterocycles. The Morgan fingerprint density at radius 3 is 0.800 bits per heavy atom. The monoisotopic (exact) mass is 1580 g/mol. The number of aliphatic hydroxyl groups is 1. The number of aliphatic hydroxyl groups excluding tert-OH is 1. The molecule has 0 aliphatic heterocycles. The third-order valence-corrected chi connectivity index (χ3v) is 19.4. The molecule has 628 valence electrons. The van der Waals surface area contributed by atoms with Crippen molar-refractivity contribution < 1.29 is 80.2 Å². The van der Waals surface area contributed by atoms with Crippen LogP contribution in [0.2, 0.25) is 0 Å². The quantitative estimate of drug-likeness (QED) is 0.0169. The molecule has 0 saturated carbocycles. The van der Waals surface area contributed by atoms with E-state index in [1.54, 1.807) is 0 Å². The van der Waals surface area contributed by atoms with Gasteiger partial charge in [-0.1, -0.05) is 327 Å². The number of esters is 4. The Morgan fingerprint density at radius 2 is 0.491 bits per heavy atom. The van der Waals surface area contributed by atoms with E-state index in [9.17, 15) is 43.2 Å². The molecule has 0 amide bonds. The lowest BCUT2D eigenvalue weighted by atomic mass is 10.0. The summed E-state index contributed by atoms with van der Waals surface area (Å²) in [6.07, 6.45) is 96.4. The van der Waals surface area contributed by atoms with Gasteiger partial charge in [0.2, 0.25) is 0 Å². The van der Waals surface area contributed by atoms with E-state index in [0.717, 1.165) is 167 Å². The first-order valence-corrected chi connectivity index (χ1v) is 45.7. The molecule has 0 aliphatic rings. The first-order valence-electron chi connectivity index (χ1n) is 42.7. The molecule has 0 aliphatic carbocycles. The van der Waals surface area contributed by atoms with Gasteiger partial charge in [0.1, 0.15) is 19.3 Å². The van der Waals surface area contributed by atoms with Crippen LogP contribution in [-0.2, 0) is 65.4 Å². The van der Waals surface area contributed by atoms with Crippen LogP contribution in [0.1, 0.15) is 336 Å². The number of hydrogen-bond acceptors (Lipinski definition) is 15. The summed E-state index contributed by atoms with van der Waals surface area (Å²) in [5.74, 6) is -2.31. The normalized spacial score (nSPS) is 14.6. The van der Waals surface area contributed by atoms with E-state index in [2.05, 4.69) is 167 Å². The summed E-state index contributed by atoms with van der Waals surface area (Å²) in [5.41, 5.74) is 0. The van der Waals surface area contributed by atoms with Gasteiger partial charge in [-0.3, -0.25) is 37.3 Å². The van der Waals surface area contributed by atoms with Crippen LogP contribution in [0.3, 0.4) is 0 Å². The van der Waals surface area contributed by atoms with Gasteiger partial charge in [0, 0.05) is 25.7 Å². The number of rotatable bonds is 79. The van der Waals surface area contributed by atoms with Crippen molar-refractivity contribution in [2.45, 2.75) is 354 Å². The second-order valence-electron chi connectivity index (χ2n) is 28.0. The van der Waals surface area contributed by atoms with Gasteiger partial charge in [-0.2, -0.15) is 0 Å². The number of phosphoric ester groups is 2. The Balaban J connectivity index is 5.48. The topological polar surface area (TPSA) is 237 Å². The van der Waals surface area contributed by atoms with Crippen molar-refractivity contribution >= 4 is 39.5 Å². The molecule has 0 aromatic rings. The second-order valence-corrected chi connectivity index (χ2v) is 30.9. The molecule has 0 fully saturated rings. The zero-order valence-electron chi connectivity index (χ0n) is 68.9. The van der Waals surface area contributed by atoms with Gasteiger partial charge in [0.15, 0.2) is 12.2 Å². The van der Waals surface area contributed by atoms with Crippen molar-refractivity contribution in [1.29, 1.82) is 0 Å². The fourth-order valence-electron chi connectivity index (χ4n) is 11.1. The number of carbonyl (C=O) groups is 4. The minimum absolute atomic E-state index is 0.0285. The Hall–Kier alpha value is -5.32. The molecule has 0 radical (unpaired) electrons. The lowest BCUT2D eigenvalue weighted by Crippen LogP contribution is -2.30. The molecule has 19 heteroatoms. The number of ether oxygens (including phenoxy) is 4. The van der Waals surface area contributed by atoms with E-state index < -0.39 is 97.5 Å². The van der Waals surface area contributed by atoms with Gasteiger partial charge in [-0.05, 0) is 141 Å². The highest BCUT2D eigenvalue weighted by molar-refractivity contribution is 7.47. The standard InChI is InChI=1S/C91H152O17P2/c1-5-9-13-17-21-25-29-33-37-40-42-45-49-52-56-60-64-68-72-76-89(94)102-82-87(108-91(96)78-74-70-66-62-58-54-50-46-43-41-38-34-30-26-22-18-14-10-6-2)84-106-110(99,100)104-80-85(92)79-103-109(97,98)105-83-86(107-90(95)77-73-69-65-61-57-53-47-36-32-28-24-20-16-12-8-4)81-101-88(93)75-71-67-63-59-55-51-48-44-39-35-31-27-23-19-15-11-7-3/h9,11,13,15,21-23,25-27,33-35,37-39,42-43,45-46,48,51-52,56,64,68,85-87,92H,5-8,10,12,14,16-20,24,28-32,36,40-41,44,47,49-50,53-55,57-63,65-67,69-84H2,1-4H3,(H,97,98)(H,99,100)/b13-9-,15-11-,25-21-,26-22-,27-23-,37-33-,38-34-,39-35-,45-42-,46-43-,51-48-,56-52-,68-64-. The maximum absolute atomic E-state index is 13.1. The van der Waals surface area contributed by atoms with E-state index >= 15 is 0 Å². The molecule has 3 N–H and O–H groups in total. The predicted molar refractivity (Wildman–Crippen MR) is 454 cm³/mol. The summed E-state index contributed by atoms with van der Waals surface area (Å²) in [6, 6.07) is 0. The highest BCUT2D eigenvalue weighted by atomic mass is 31.2. The SMILES string of the molecule is CC/C=C\C/C=C\C/C=C\C/C=C\C/C=C\C/C=C\CCC(=O)OCC(COP(=O)(O)OCC(O)COP(=O)(O)OCC(COC(=O)CCCCCC/C=C\C/C=C\C/C=C\C/C=C\CC)OC(=O)CCCCCCCCCCCCCCCCC)OC(=O)CCCCCCCC/C=C\C/C=C\C/C=C\CCCCC. The van der Waals surface area contributed by atoms with E-state index in [1.807, 2.05) is 18.2 Å². The fraction of sp³-hybridized carbons (Fsp3) is 0.670. The van der Waals surface area contributed by atoms with Crippen LogP contribution >= 0.6 is 15.6 Å². The van der Waals surface area contributed by atoms with Gasteiger partial charge in [-0.15, -0.1) is 0 Å². The summed E-state index contributed by atoms with van der Waals surface area (Å²) in [7, 11) is -10.0. The van der Waals surface area contributed by atoms with E-state index in [1.165, 1.54) is 83.5 Å². The third-order valence-electron chi connectivity index (χ3n) is 17.5. The highest BCUT2D eigenvalue weighted by Crippen LogP contribution is 2.45. The Morgan fingerprint density at radius 1 is 0.264 bits per heavy atom. The van der Waals surface area contributed by atoms with Gasteiger partial charge < -0.3 is 33.8 Å². The molecule has 0 aromatic heterocycles. The van der Waals surface area contributed by atoms with Crippen molar-refractivity contribution in [3.63, 3.8) is 0 Å². The molecule has 0 rings (SSSR count). The van der Waals surface area contributed by atoms with Crippen molar-refractivity contribution in [2.24, 2.45) is 0 Å². The summed E-state index contributed by atoms with van der Waals surface area (Å²) in [4.78, 5) is 73.2. The first-order chi connectivity index (χ1) is 53.7. The largest absolute Gasteiger partial charge is 0.472 e. The zero-order valence-corrected chi connectivity index (χ0v) is 70.7. The molecule has 0 aromatic carbocycles. The van der Waals surface area contributed by atoms with Gasteiger partial charge in [-0.25, -0.2) is 9.13 Å². The molecule has 110 heavy (non-hydrogen) atoms. The van der Waals surface area contributed by atoms with Crippen LogP contribution < -0.4 is 0 Å². The lowest BCUT2D eigenvalue weighted by Gasteiger charge is -2.21. The van der Waals surface area contributed by atoms with E-state index in [0.29, 0.717) is 32.1 Å². The Bertz CT molecular complexity index is 2700. The molecule has 17 nitrogen and oxygen atoms in total. The fourth-order valence-corrected chi connectivity index (χ4v) is 12.6. The first kappa shape index (κ1) is 105. The number of carbonyl (C=O) groups excluding carboxylic acids is 4. The minimum Gasteiger partial charge on any atom is -0.462 e. The summed E-state index contributed by atoms with van der Waals surface area (Å²) in [6.45, 7) is 4.53. The average Bonchev–Trinajstić information content (AvgIpc) is 0.900. The van der Waals surface area contributed by atoms with Crippen LogP contribution in [0.25, 0.3) is 0 Å². The Labute approximate surface area is 668 Å². The zero-order chi connectivity index (χ0) is 80.3. The lowest BCUT2D eigenvalue weighted by molar-refractivity contribution is -0.161. The number of allylic oxidation sites excluding steroid dienone is 26. The van der Waals surface area contributed by atoms with Crippen LogP contribution in [0.5, 0.6) is 0 Å². The van der Waals surface area contributed by atoms with E-state index in [4.69, 9.17) is 37.0 Å². The van der Waals surface area contributed by atoms with Gasteiger partial charge in [0.25, 0.3) is 0 Å². The maximum atomic E-state index is 13.1. The van der Waals surface area contributed by atoms with Gasteiger partial charge >= 0.3 is 39.5 Å². The van der Waals surface area contributed by atoms with Crippen LogP contribution in [0, 0.1) is 0 Å². The van der Waals surface area contributed by atoms with E-state index in [-0.39, 0.29) is 25.7 Å². The van der Waals surface area contributed by atoms with Gasteiger partial charge in [0.05, 0.1) is 26.4 Å². The van der Waals surface area contributed by atoms with Crippen molar-refractivity contribution in [3.05, 3.63) is 158 Å². The molecule has 0 spiro atoms. The van der Waals surface area contributed by atoms with Crippen LogP contribution in [-0.4, -0.2) is 96.7 Å². The smallest absolute Gasteiger partial charge is 0.462 e. The van der Waals surface area contributed by atoms with Crippen LogP contribution in [0.4, 0.5) is 0 Å². The highest BCUT2D eigenvalue weighted by Gasteiger charge is 2.30. The molecule has 5 unspecified atom stereocenters. The molecule has 0 bridgehead atoms. The van der Waals surface area contributed by atoms with Crippen LogP contribution in [0.15, 0.2) is 158 Å². The average molecular weight is 1580 g/mol. The Kier molecular flexibility index (Phi) is 77.7. The number of unbranched alkanes of at least 4 members (excludes halogenated alkanes) is 27. The molecule has 5 atom stereocenters. The molecular weight excluding hydrogens is 1430 g/mol. The van der Waals surface area contributed by atoms with Crippen molar-refractivity contribution in [1.82, 2.24) is 0 Å². The predicted octanol–water partition coefficient (Wildman–Crippen LogP) is 25.6. The summed E-state index contributed by atoms with van der Waals surface area (Å²) in [5, 5.41) is 10.7.